The van der Waals surface area contributed by atoms with E-state index in [0.29, 0.717) is 0 Å². The van der Waals surface area contributed by atoms with Crippen LogP contribution in [-0.4, -0.2) is 0 Å². The summed E-state index contributed by atoms with van der Waals surface area (Å²) < 4.78 is 0. The Labute approximate surface area is 181 Å². The van der Waals surface area contributed by atoms with Gasteiger partial charge in [0.05, 0.1) is 0 Å². The number of benzene rings is 2. The van der Waals surface area contributed by atoms with Gasteiger partial charge in [0.25, 0.3) is 0 Å². The number of hydrogen-bond donors (Lipinski definition) is 0. The Morgan fingerprint density at radius 1 is 0.367 bits per heavy atom. The third-order valence-corrected chi connectivity index (χ3v) is 9.15. The number of fused-ring (bicyclic) bond motifs is 8. The molecule has 4 aliphatic rings. The zero-order chi connectivity index (χ0) is 21.2. The minimum absolute atomic E-state index is 1.14. The molecule has 0 radical (unpaired) electrons. The van der Waals surface area contributed by atoms with E-state index in [1.165, 1.54) is 33.4 Å². The molecule has 0 fully saturated rings. The van der Waals surface area contributed by atoms with Gasteiger partial charge in [-0.3, -0.25) is 0 Å². The van der Waals surface area contributed by atoms with E-state index in [-0.39, 0.29) is 0 Å². The molecule has 0 heterocycles. The molecule has 0 aromatic heterocycles. The van der Waals surface area contributed by atoms with Gasteiger partial charge in [0.15, 0.2) is 0 Å². The zero-order valence-corrected chi connectivity index (χ0v) is 19.8. The minimum Gasteiger partial charge on any atom is -0.0654 e. The number of allylic oxidation sites excluding steroid dienone is 6. The molecule has 0 bridgehead atoms. The molecule has 2 aromatic rings. The molecule has 0 spiro atoms. The van der Waals surface area contributed by atoms with Crippen molar-refractivity contribution in [2.24, 2.45) is 0 Å². The van der Waals surface area contributed by atoms with E-state index in [4.69, 9.17) is 0 Å². The minimum atomic E-state index is 1.14. The summed E-state index contributed by atoms with van der Waals surface area (Å²) in [7, 11) is 0. The smallest absolute Gasteiger partial charge is 0.000733 e. The van der Waals surface area contributed by atoms with Crippen LogP contribution in [0, 0.1) is 27.7 Å². The molecular formula is C30H32. The Bertz CT molecular complexity index is 1230. The maximum absolute atomic E-state index is 2.38. The number of hydrogen-bond acceptors (Lipinski definition) is 0. The molecule has 0 nitrogen and oxygen atoms in total. The Morgan fingerprint density at radius 2 is 0.667 bits per heavy atom. The van der Waals surface area contributed by atoms with Gasteiger partial charge in [0, 0.05) is 0 Å². The Kier molecular flexibility index (Phi) is 3.48. The maximum atomic E-state index is 2.38. The fourth-order valence-electron chi connectivity index (χ4n) is 7.14. The first-order valence-electron chi connectivity index (χ1n) is 11.6. The average molecular weight is 393 g/mol. The van der Waals surface area contributed by atoms with Crippen molar-refractivity contribution in [2.45, 2.75) is 81.1 Å². The average Bonchev–Trinajstić information content (AvgIpc) is 3.40. The van der Waals surface area contributed by atoms with E-state index in [1.54, 1.807) is 66.8 Å². The zero-order valence-electron chi connectivity index (χ0n) is 19.8. The first kappa shape index (κ1) is 18.4. The van der Waals surface area contributed by atoms with Crippen molar-refractivity contribution in [3.05, 3.63) is 77.9 Å². The maximum Gasteiger partial charge on any atom is -0.000733 e. The van der Waals surface area contributed by atoms with Gasteiger partial charge in [-0.05, 0) is 170 Å². The van der Waals surface area contributed by atoms with Crippen molar-refractivity contribution in [1.82, 2.24) is 0 Å². The van der Waals surface area contributed by atoms with Crippen molar-refractivity contribution in [1.29, 1.82) is 0 Å². The van der Waals surface area contributed by atoms with Crippen molar-refractivity contribution in [3.8, 4) is 0 Å². The summed E-state index contributed by atoms with van der Waals surface area (Å²) in [5.41, 5.74) is 28.6. The lowest BCUT2D eigenvalue weighted by Gasteiger charge is -2.21. The summed E-state index contributed by atoms with van der Waals surface area (Å²) in [6.07, 6.45) is 4.60. The molecule has 152 valence electrons. The van der Waals surface area contributed by atoms with Gasteiger partial charge in [-0.1, -0.05) is 11.1 Å². The lowest BCUT2D eigenvalue weighted by Crippen LogP contribution is -2.07. The van der Waals surface area contributed by atoms with Gasteiger partial charge in [-0.15, -0.1) is 0 Å². The van der Waals surface area contributed by atoms with E-state index < -0.39 is 0 Å². The van der Waals surface area contributed by atoms with Crippen molar-refractivity contribution >= 4 is 22.3 Å². The predicted octanol–water partition coefficient (Wildman–Crippen LogP) is 7.64. The van der Waals surface area contributed by atoms with Crippen molar-refractivity contribution in [2.75, 3.05) is 0 Å². The lowest BCUT2D eigenvalue weighted by molar-refractivity contribution is 1.08. The highest BCUT2D eigenvalue weighted by molar-refractivity contribution is 6.06. The summed E-state index contributed by atoms with van der Waals surface area (Å²) in [5, 5.41) is 0. The molecule has 0 atom stereocenters. The molecule has 0 heteroatoms. The fraction of sp³-hybridized carbons (Fsp3) is 0.400. The third kappa shape index (κ3) is 1.94. The molecule has 2 aromatic carbocycles. The Balaban J connectivity index is 1.58. The summed E-state index contributed by atoms with van der Waals surface area (Å²) in [6, 6.07) is 0. The van der Waals surface area contributed by atoms with Gasteiger partial charge in [-0.2, -0.15) is 0 Å². The van der Waals surface area contributed by atoms with E-state index in [1.807, 2.05) is 0 Å². The quantitative estimate of drug-likeness (QED) is 0.432. The van der Waals surface area contributed by atoms with E-state index in [0.717, 1.165) is 25.7 Å². The van der Waals surface area contributed by atoms with Gasteiger partial charge in [0.1, 0.15) is 0 Å². The Morgan fingerprint density at radius 3 is 1.03 bits per heavy atom. The SMILES string of the molecule is CC1=C(C)c2c(C)c(C)c3c(c2C1)CC1=C3Cc2c3c(c(C)c(C)c21)C(C)=C(C)C3. The van der Waals surface area contributed by atoms with Crippen LogP contribution >= 0.6 is 0 Å². The van der Waals surface area contributed by atoms with E-state index in [9.17, 15) is 0 Å². The highest BCUT2D eigenvalue weighted by Crippen LogP contribution is 2.55. The fourth-order valence-corrected chi connectivity index (χ4v) is 7.14. The van der Waals surface area contributed by atoms with Crippen LogP contribution in [0.2, 0.25) is 0 Å². The van der Waals surface area contributed by atoms with Crippen LogP contribution in [0.4, 0.5) is 0 Å². The first-order chi connectivity index (χ1) is 14.2. The molecule has 0 amide bonds. The first-order valence-corrected chi connectivity index (χ1v) is 11.6. The van der Waals surface area contributed by atoms with Crippen LogP contribution < -0.4 is 0 Å². The molecule has 30 heavy (non-hydrogen) atoms. The van der Waals surface area contributed by atoms with Crippen LogP contribution in [0.1, 0.15) is 94.5 Å². The molecule has 0 aliphatic heterocycles. The van der Waals surface area contributed by atoms with Crippen LogP contribution in [0.25, 0.3) is 22.3 Å². The summed E-state index contributed by atoms with van der Waals surface area (Å²) in [5.74, 6) is 0. The van der Waals surface area contributed by atoms with E-state index >= 15 is 0 Å². The third-order valence-electron chi connectivity index (χ3n) is 9.15. The second-order valence-electron chi connectivity index (χ2n) is 10.4. The Hall–Kier alpha value is -2.34. The molecule has 0 unspecified atom stereocenters. The van der Waals surface area contributed by atoms with Crippen LogP contribution in [0.5, 0.6) is 0 Å². The van der Waals surface area contributed by atoms with Gasteiger partial charge < -0.3 is 0 Å². The van der Waals surface area contributed by atoms with Gasteiger partial charge >= 0.3 is 0 Å². The second kappa shape index (κ2) is 5.67. The molecular weight excluding hydrogens is 360 g/mol. The van der Waals surface area contributed by atoms with Crippen LogP contribution in [-0.2, 0) is 25.7 Å². The normalized spacial score (nSPS) is 18.4. The standard InChI is InChI=1S/C30H32/c1-13-9-21-23-11-25-26(29(23)19(7)17(5)27(21)15(13)3)12-24-22-10-14(2)16(4)28(22)18(6)20(8)30(24)25/h9-12H2,1-8H3. The van der Waals surface area contributed by atoms with Crippen molar-refractivity contribution < 1.29 is 0 Å². The monoisotopic (exact) mass is 392 g/mol. The summed E-state index contributed by atoms with van der Waals surface area (Å²) in [4.78, 5) is 0. The van der Waals surface area contributed by atoms with E-state index in [2.05, 4.69) is 55.4 Å². The molecule has 4 aliphatic carbocycles. The molecule has 0 N–H and O–H groups in total. The molecule has 0 saturated carbocycles. The van der Waals surface area contributed by atoms with Crippen LogP contribution in [0.3, 0.4) is 0 Å². The predicted molar refractivity (Wildman–Crippen MR) is 130 cm³/mol. The van der Waals surface area contributed by atoms with Crippen LogP contribution in [0.15, 0.2) is 11.1 Å². The summed E-state index contributed by atoms with van der Waals surface area (Å²) in [6.45, 7) is 18.8. The summed E-state index contributed by atoms with van der Waals surface area (Å²) >= 11 is 0. The highest BCUT2D eigenvalue weighted by atomic mass is 14.4. The van der Waals surface area contributed by atoms with Gasteiger partial charge in [-0.25, -0.2) is 0 Å². The highest BCUT2D eigenvalue weighted by Gasteiger charge is 2.39. The van der Waals surface area contributed by atoms with Crippen molar-refractivity contribution in [3.63, 3.8) is 0 Å². The molecule has 6 rings (SSSR count). The largest absolute Gasteiger partial charge is 0.0654 e. The second-order valence-corrected chi connectivity index (χ2v) is 10.4. The molecule has 0 saturated heterocycles. The van der Waals surface area contributed by atoms with Gasteiger partial charge in [0.2, 0.25) is 0 Å². The topological polar surface area (TPSA) is 0 Å². The lowest BCUT2D eigenvalue weighted by atomic mass is 9.82. The number of rotatable bonds is 0.